The maximum absolute atomic E-state index is 12.6. The van der Waals surface area contributed by atoms with Gasteiger partial charge < -0.3 is 10.5 Å². The van der Waals surface area contributed by atoms with Gasteiger partial charge in [0.05, 0.1) is 11.5 Å². The quantitative estimate of drug-likeness (QED) is 0.839. The molecule has 0 aliphatic carbocycles. The molecule has 1 unspecified atom stereocenters. The van der Waals surface area contributed by atoms with E-state index in [1.165, 1.54) is 4.31 Å². The highest BCUT2D eigenvalue weighted by atomic mass is 32.2. The maximum Gasteiger partial charge on any atom is 0.243 e. The molecule has 112 valence electrons. The van der Waals surface area contributed by atoms with E-state index < -0.39 is 10.0 Å². The predicted molar refractivity (Wildman–Crippen MR) is 79.0 cm³/mol. The zero-order valence-electron chi connectivity index (χ0n) is 12.0. The van der Waals surface area contributed by atoms with Gasteiger partial charge in [-0.3, -0.25) is 0 Å². The Labute approximate surface area is 120 Å². The minimum absolute atomic E-state index is 0.265. The Kier molecular flexibility index (Phi) is 4.67. The molecule has 0 aromatic heterocycles. The molecule has 0 saturated carbocycles. The standard InChI is InChI=1S/C14H22N2O3S/c1-3-16(9-12-6-7-19-10-12)20(17,18)13-5-4-11(2)14(15)8-13/h4-5,8,12H,3,6-7,9-10,15H2,1-2H3. The number of ether oxygens (including phenoxy) is 1. The summed E-state index contributed by atoms with van der Waals surface area (Å²) in [6, 6.07) is 4.90. The fourth-order valence-corrected chi connectivity index (χ4v) is 3.90. The van der Waals surface area contributed by atoms with Crippen molar-refractivity contribution in [2.75, 3.05) is 32.0 Å². The van der Waals surface area contributed by atoms with Crippen molar-refractivity contribution < 1.29 is 13.2 Å². The van der Waals surface area contributed by atoms with Crippen LogP contribution in [-0.4, -0.2) is 39.0 Å². The largest absolute Gasteiger partial charge is 0.398 e. The van der Waals surface area contributed by atoms with Crippen LogP contribution in [0.1, 0.15) is 18.9 Å². The van der Waals surface area contributed by atoms with E-state index in [2.05, 4.69) is 0 Å². The summed E-state index contributed by atoms with van der Waals surface area (Å²) in [4.78, 5) is 0.265. The van der Waals surface area contributed by atoms with Gasteiger partial charge in [0.2, 0.25) is 10.0 Å². The molecule has 0 bridgehead atoms. The first-order valence-electron chi connectivity index (χ1n) is 6.89. The molecule has 1 saturated heterocycles. The van der Waals surface area contributed by atoms with Crippen LogP contribution in [0.4, 0.5) is 5.69 Å². The molecule has 1 aliphatic heterocycles. The lowest BCUT2D eigenvalue weighted by Crippen LogP contribution is -2.35. The fraction of sp³-hybridized carbons (Fsp3) is 0.571. The topological polar surface area (TPSA) is 72.6 Å². The van der Waals surface area contributed by atoms with Crippen LogP contribution < -0.4 is 5.73 Å². The van der Waals surface area contributed by atoms with Crippen LogP contribution >= 0.6 is 0 Å². The van der Waals surface area contributed by atoms with Crippen LogP contribution in [0.5, 0.6) is 0 Å². The Morgan fingerprint density at radius 3 is 2.75 bits per heavy atom. The van der Waals surface area contributed by atoms with Crippen molar-refractivity contribution >= 4 is 15.7 Å². The third kappa shape index (κ3) is 3.13. The molecule has 1 atom stereocenters. The van der Waals surface area contributed by atoms with Crippen LogP contribution in [0.3, 0.4) is 0 Å². The van der Waals surface area contributed by atoms with Crippen molar-refractivity contribution in [1.82, 2.24) is 4.31 Å². The minimum Gasteiger partial charge on any atom is -0.398 e. The number of nitrogens with zero attached hydrogens (tertiary/aromatic N) is 1. The van der Waals surface area contributed by atoms with E-state index in [1.807, 2.05) is 13.8 Å². The second-order valence-electron chi connectivity index (χ2n) is 5.20. The lowest BCUT2D eigenvalue weighted by molar-refractivity contribution is 0.181. The molecule has 1 aromatic rings. The maximum atomic E-state index is 12.6. The number of rotatable bonds is 5. The van der Waals surface area contributed by atoms with Crippen molar-refractivity contribution in [2.45, 2.75) is 25.2 Å². The molecule has 20 heavy (non-hydrogen) atoms. The molecule has 0 radical (unpaired) electrons. The van der Waals surface area contributed by atoms with Crippen LogP contribution in [0, 0.1) is 12.8 Å². The van der Waals surface area contributed by atoms with Gasteiger partial charge in [0.15, 0.2) is 0 Å². The molecule has 5 nitrogen and oxygen atoms in total. The summed E-state index contributed by atoms with van der Waals surface area (Å²) in [6.07, 6.45) is 0.919. The molecular formula is C14H22N2O3S. The summed E-state index contributed by atoms with van der Waals surface area (Å²) in [5, 5.41) is 0. The summed E-state index contributed by atoms with van der Waals surface area (Å²) in [5.41, 5.74) is 7.21. The lowest BCUT2D eigenvalue weighted by atomic mass is 10.1. The van der Waals surface area contributed by atoms with Gasteiger partial charge in [-0.05, 0) is 37.0 Å². The Balaban J connectivity index is 2.23. The van der Waals surface area contributed by atoms with Gasteiger partial charge in [0.1, 0.15) is 0 Å². The highest BCUT2D eigenvalue weighted by molar-refractivity contribution is 7.89. The molecular weight excluding hydrogens is 276 g/mol. The van der Waals surface area contributed by atoms with Crippen LogP contribution in [0.2, 0.25) is 0 Å². The van der Waals surface area contributed by atoms with E-state index in [1.54, 1.807) is 18.2 Å². The normalized spacial score (nSPS) is 19.6. The summed E-state index contributed by atoms with van der Waals surface area (Å²) in [7, 11) is -3.48. The molecule has 1 heterocycles. The molecule has 1 aromatic carbocycles. The third-order valence-corrected chi connectivity index (χ3v) is 5.66. The summed E-state index contributed by atoms with van der Waals surface area (Å²) in [5.74, 6) is 0.285. The molecule has 1 aliphatic rings. The molecule has 2 N–H and O–H groups in total. The number of sulfonamides is 1. The summed E-state index contributed by atoms with van der Waals surface area (Å²) < 4.78 is 32.1. The monoisotopic (exact) mass is 298 g/mol. The fourth-order valence-electron chi connectivity index (χ4n) is 2.34. The Morgan fingerprint density at radius 1 is 1.45 bits per heavy atom. The first kappa shape index (κ1) is 15.3. The molecule has 2 rings (SSSR count). The van der Waals surface area contributed by atoms with Gasteiger partial charge in [-0.2, -0.15) is 4.31 Å². The highest BCUT2D eigenvalue weighted by Gasteiger charge is 2.27. The predicted octanol–water partition coefficient (Wildman–Crippen LogP) is 1.62. The Hall–Kier alpha value is -1.11. The molecule has 0 spiro atoms. The third-order valence-electron chi connectivity index (χ3n) is 3.73. The zero-order chi connectivity index (χ0) is 14.8. The van der Waals surface area contributed by atoms with Crippen LogP contribution in [0.25, 0.3) is 0 Å². The van der Waals surface area contributed by atoms with Crippen molar-refractivity contribution in [1.29, 1.82) is 0 Å². The number of nitrogens with two attached hydrogens (primary N) is 1. The van der Waals surface area contributed by atoms with Gasteiger partial charge in [-0.25, -0.2) is 8.42 Å². The van der Waals surface area contributed by atoms with Gasteiger partial charge in [-0.1, -0.05) is 13.0 Å². The molecule has 6 heteroatoms. The van der Waals surface area contributed by atoms with E-state index in [4.69, 9.17) is 10.5 Å². The van der Waals surface area contributed by atoms with Crippen molar-refractivity contribution in [3.05, 3.63) is 23.8 Å². The van der Waals surface area contributed by atoms with E-state index in [-0.39, 0.29) is 10.8 Å². The minimum atomic E-state index is -3.48. The number of aryl methyl sites for hydroxylation is 1. The summed E-state index contributed by atoms with van der Waals surface area (Å²) >= 11 is 0. The second-order valence-corrected chi connectivity index (χ2v) is 7.14. The van der Waals surface area contributed by atoms with Crippen LogP contribution in [0.15, 0.2) is 23.1 Å². The number of benzene rings is 1. The Morgan fingerprint density at radius 2 is 2.20 bits per heavy atom. The van der Waals surface area contributed by atoms with E-state index >= 15 is 0 Å². The molecule has 0 amide bonds. The first-order valence-corrected chi connectivity index (χ1v) is 8.33. The van der Waals surface area contributed by atoms with E-state index in [0.717, 1.165) is 18.6 Å². The van der Waals surface area contributed by atoms with Crippen molar-refractivity contribution in [3.63, 3.8) is 0 Å². The van der Waals surface area contributed by atoms with Gasteiger partial charge in [-0.15, -0.1) is 0 Å². The smallest absolute Gasteiger partial charge is 0.243 e. The number of nitrogen functional groups attached to an aromatic ring is 1. The van der Waals surface area contributed by atoms with E-state index in [9.17, 15) is 8.42 Å². The molecule has 1 fully saturated rings. The highest BCUT2D eigenvalue weighted by Crippen LogP contribution is 2.23. The average molecular weight is 298 g/mol. The summed E-state index contributed by atoms with van der Waals surface area (Å²) in [6.45, 7) is 6.03. The van der Waals surface area contributed by atoms with Crippen LogP contribution in [-0.2, 0) is 14.8 Å². The zero-order valence-corrected chi connectivity index (χ0v) is 12.8. The van der Waals surface area contributed by atoms with Gasteiger partial charge in [0, 0.05) is 25.4 Å². The van der Waals surface area contributed by atoms with Crippen molar-refractivity contribution in [2.24, 2.45) is 5.92 Å². The lowest BCUT2D eigenvalue weighted by Gasteiger charge is -2.23. The van der Waals surface area contributed by atoms with Gasteiger partial charge >= 0.3 is 0 Å². The Bertz CT molecular complexity index is 566. The number of hydrogen-bond donors (Lipinski definition) is 1. The SMILES string of the molecule is CCN(CC1CCOC1)S(=O)(=O)c1ccc(C)c(N)c1. The van der Waals surface area contributed by atoms with Crippen molar-refractivity contribution in [3.8, 4) is 0 Å². The van der Waals surface area contributed by atoms with E-state index in [0.29, 0.717) is 25.4 Å². The first-order chi connectivity index (χ1) is 9.45. The van der Waals surface area contributed by atoms with Gasteiger partial charge in [0.25, 0.3) is 0 Å². The number of hydrogen-bond acceptors (Lipinski definition) is 4. The second kappa shape index (κ2) is 6.11. The average Bonchev–Trinajstić information content (AvgIpc) is 2.91. The number of anilines is 1.